The van der Waals surface area contributed by atoms with E-state index in [1.165, 1.54) is 12.3 Å². The van der Waals surface area contributed by atoms with Crippen molar-refractivity contribution in [2.75, 3.05) is 6.54 Å². The first-order valence-corrected chi connectivity index (χ1v) is 7.83. The number of pyridine rings is 1. The average Bonchev–Trinajstić information content (AvgIpc) is 3.40. The van der Waals surface area contributed by atoms with E-state index in [-0.39, 0.29) is 22.9 Å². The minimum Gasteiger partial charge on any atom is -0.477 e. The molecule has 6 heteroatoms. The number of aromatic carboxylic acids is 1. The van der Waals surface area contributed by atoms with Gasteiger partial charge >= 0.3 is 5.97 Å². The van der Waals surface area contributed by atoms with Gasteiger partial charge in [-0.15, -0.1) is 0 Å². The monoisotopic (exact) mass is 316 g/mol. The molecule has 0 spiro atoms. The molecule has 3 N–H and O–H groups in total. The molecule has 1 aromatic heterocycles. The molecule has 2 aliphatic carbocycles. The fourth-order valence-electron chi connectivity index (χ4n) is 3.37. The Hall–Kier alpha value is -2.21. The number of aromatic nitrogens is 1. The van der Waals surface area contributed by atoms with Gasteiger partial charge < -0.3 is 15.4 Å². The Morgan fingerprint density at radius 3 is 2.70 bits per heavy atom. The Balaban J connectivity index is 1.97. The molecule has 2 saturated carbocycles. The van der Waals surface area contributed by atoms with Crippen LogP contribution in [0.25, 0.3) is 10.9 Å². The quantitative estimate of drug-likeness (QED) is 0.906. The largest absolute Gasteiger partial charge is 0.477 e. The molecule has 0 saturated heterocycles. The van der Waals surface area contributed by atoms with Crippen LogP contribution in [-0.2, 0) is 0 Å². The molecule has 0 radical (unpaired) electrons. The predicted octanol–water partition coefficient (Wildman–Crippen LogP) is 2.24. The molecular formula is C17H17FN2O3. The van der Waals surface area contributed by atoms with Crippen LogP contribution in [0.1, 0.15) is 47.1 Å². The van der Waals surface area contributed by atoms with E-state index in [2.05, 4.69) is 0 Å². The second kappa shape index (κ2) is 4.89. The summed E-state index contributed by atoms with van der Waals surface area (Å²) in [5, 5.41) is 9.36. The third-order valence-electron chi connectivity index (χ3n) is 4.95. The molecule has 1 aromatic carbocycles. The van der Waals surface area contributed by atoms with Crippen molar-refractivity contribution in [2.45, 2.75) is 31.2 Å². The third kappa shape index (κ3) is 2.25. The molecule has 2 fully saturated rings. The van der Waals surface area contributed by atoms with E-state index in [1.54, 1.807) is 6.07 Å². The highest BCUT2D eigenvalue weighted by atomic mass is 19.1. The van der Waals surface area contributed by atoms with E-state index in [9.17, 15) is 19.1 Å². The van der Waals surface area contributed by atoms with Gasteiger partial charge in [-0.2, -0.15) is 0 Å². The summed E-state index contributed by atoms with van der Waals surface area (Å²) in [4.78, 5) is 23.6. The first-order chi connectivity index (χ1) is 11.0. The van der Waals surface area contributed by atoms with E-state index in [4.69, 9.17) is 5.73 Å². The van der Waals surface area contributed by atoms with Gasteiger partial charge in [0.1, 0.15) is 11.4 Å². The maximum Gasteiger partial charge on any atom is 0.341 e. The molecule has 2 atom stereocenters. The average molecular weight is 316 g/mol. The molecule has 2 unspecified atom stereocenters. The number of halogens is 1. The van der Waals surface area contributed by atoms with Crippen molar-refractivity contribution < 1.29 is 14.3 Å². The molecule has 0 bridgehead atoms. The lowest BCUT2D eigenvalue weighted by molar-refractivity contribution is 0.0695. The summed E-state index contributed by atoms with van der Waals surface area (Å²) in [5.41, 5.74) is 5.93. The van der Waals surface area contributed by atoms with Gasteiger partial charge in [-0.25, -0.2) is 9.18 Å². The van der Waals surface area contributed by atoms with Crippen molar-refractivity contribution in [3.8, 4) is 0 Å². The van der Waals surface area contributed by atoms with Gasteiger partial charge in [0.25, 0.3) is 0 Å². The molecule has 23 heavy (non-hydrogen) atoms. The number of nitrogens with zero attached hydrogens (tertiary/aromatic N) is 1. The molecule has 120 valence electrons. The molecule has 0 amide bonds. The summed E-state index contributed by atoms with van der Waals surface area (Å²) >= 11 is 0. The summed E-state index contributed by atoms with van der Waals surface area (Å²) in [5.74, 6) is -1.32. The van der Waals surface area contributed by atoms with E-state index < -0.39 is 17.2 Å². The fourth-order valence-corrected chi connectivity index (χ4v) is 3.37. The smallest absolute Gasteiger partial charge is 0.341 e. The number of rotatable bonds is 4. The van der Waals surface area contributed by atoms with Gasteiger partial charge in [-0.3, -0.25) is 4.79 Å². The minimum absolute atomic E-state index is 0.103. The van der Waals surface area contributed by atoms with E-state index in [1.807, 2.05) is 4.57 Å². The normalized spacial score (nSPS) is 23.2. The van der Waals surface area contributed by atoms with Crippen LogP contribution in [0.5, 0.6) is 0 Å². The number of nitrogens with two attached hydrogens (primary N) is 1. The highest BCUT2D eigenvalue weighted by molar-refractivity contribution is 5.93. The number of hydrogen-bond donors (Lipinski definition) is 2. The fraction of sp³-hybridized carbons (Fsp3) is 0.412. The Bertz CT molecular complexity index is 886. The first kappa shape index (κ1) is 14.4. The molecule has 4 rings (SSSR count). The predicted molar refractivity (Wildman–Crippen MR) is 83.3 cm³/mol. The van der Waals surface area contributed by atoms with Crippen LogP contribution in [-0.4, -0.2) is 22.2 Å². The Labute approximate surface area is 131 Å². The number of carbonyl (C=O) groups is 1. The summed E-state index contributed by atoms with van der Waals surface area (Å²) in [7, 11) is 0. The van der Waals surface area contributed by atoms with Crippen molar-refractivity contribution in [1.82, 2.24) is 4.57 Å². The highest BCUT2D eigenvalue weighted by Gasteiger charge is 2.39. The number of fused-ring (bicyclic) bond motifs is 1. The molecule has 2 aliphatic rings. The zero-order chi connectivity index (χ0) is 16.3. The Morgan fingerprint density at radius 1 is 1.39 bits per heavy atom. The topological polar surface area (TPSA) is 85.3 Å². The summed E-state index contributed by atoms with van der Waals surface area (Å²) in [6.07, 6.45) is 4.15. The van der Waals surface area contributed by atoms with Crippen LogP contribution in [0.3, 0.4) is 0 Å². The van der Waals surface area contributed by atoms with Crippen LogP contribution < -0.4 is 11.2 Å². The SMILES string of the molecule is NCC1CC1c1cc2c(cc1F)c(=O)c(C(=O)O)cn2C1CC1. The Morgan fingerprint density at radius 2 is 2.13 bits per heavy atom. The van der Waals surface area contributed by atoms with E-state index in [0.717, 1.165) is 19.3 Å². The second-order valence-corrected chi connectivity index (χ2v) is 6.54. The van der Waals surface area contributed by atoms with Gasteiger partial charge in [0.05, 0.1) is 5.52 Å². The molecule has 1 heterocycles. The molecular weight excluding hydrogens is 299 g/mol. The van der Waals surface area contributed by atoms with Gasteiger partial charge in [-0.1, -0.05) is 0 Å². The van der Waals surface area contributed by atoms with Crippen molar-refractivity contribution in [3.05, 3.63) is 45.5 Å². The molecule has 2 aromatic rings. The summed E-state index contributed by atoms with van der Waals surface area (Å²) < 4.78 is 16.3. The zero-order valence-electron chi connectivity index (χ0n) is 12.5. The van der Waals surface area contributed by atoms with Crippen molar-refractivity contribution in [1.29, 1.82) is 0 Å². The second-order valence-electron chi connectivity index (χ2n) is 6.54. The van der Waals surface area contributed by atoms with Crippen LogP contribution in [0.2, 0.25) is 0 Å². The summed E-state index contributed by atoms with van der Waals surface area (Å²) in [6, 6.07) is 3.11. The minimum atomic E-state index is -1.28. The maximum absolute atomic E-state index is 14.4. The lowest BCUT2D eigenvalue weighted by Gasteiger charge is -2.13. The highest BCUT2D eigenvalue weighted by Crippen LogP contribution is 2.48. The molecule has 0 aliphatic heterocycles. The van der Waals surface area contributed by atoms with Crippen LogP contribution in [0.15, 0.2) is 23.1 Å². The van der Waals surface area contributed by atoms with Gasteiger partial charge in [0.2, 0.25) is 5.43 Å². The van der Waals surface area contributed by atoms with E-state index in [0.29, 0.717) is 23.5 Å². The number of benzene rings is 1. The lowest BCUT2D eigenvalue weighted by atomic mass is 10.0. The van der Waals surface area contributed by atoms with Crippen LogP contribution >= 0.6 is 0 Å². The van der Waals surface area contributed by atoms with Gasteiger partial charge in [0, 0.05) is 17.6 Å². The lowest BCUT2D eigenvalue weighted by Crippen LogP contribution is -2.19. The zero-order valence-corrected chi connectivity index (χ0v) is 12.5. The number of hydrogen-bond acceptors (Lipinski definition) is 3. The third-order valence-corrected chi connectivity index (χ3v) is 4.95. The van der Waals surface area contributed by atoms with Crippen molar-refractivity contribution >= 4 is 16.9 Å². The number of carboxylic acid groups (broad SMARTS) is 1. The molecule has 5 nitrogen and oxygen atoms in total. The van der Waals surface area contributed by atoms with Crippen LogP contribution in [0, 0.1) is 11.7 Å². The van der Waals surface area contributed by atoms with Crippen LogP contribution in [0.4, 0.5) is 4.39 Å². The van der Waals surface area contributed by atoms with E-state index >= 15 is 0 Å². The van der Waals surface area contributed by atoms with Gasteiger partial charge in [-0.05, 0) is 55.3 Å². The first-order valence-electron chi connectivity index (χ1n) is 7.83. The van der Waals surface area contributed by atoms with Crippen molar-refractivity contribution in [3.63, 3.8) is 0 Å². The Kier molecular flexibility index (Phi) is 3.06. The summed E-state index contributed by atoms with van der Waals surface area (Å²) in [6.45, 7) is 0.523. The maximum atomic E-state index is 14.4. The van der Waals surface area contributed by atoms with Crippen molar-refractivity contribution in [2.24, 2.45) is 11.7 Å². The standard InChI is InChI=1S/C17H17FN2O3/c18-14-4-12-15(5-11(14)10-3-8(10)6-19)20(9-1-2-9)7-13(16(12)21)17(22)23/h4-5,7-10H,1-3,6,19H2,(H,22,23). The number of carboxylic acids is 1. The van der Waals surface area contributed by atoms with Gasteiger partial charge in [0.15, 0.2) is 0 Å².